The first-order valence-corrected chi connectivity index (χ1v) is 8.44. The number of hydrogen-bond donors (Lipinski definition) is 3. The van der Waals surface area contributed by atoms with Crippen LogP contribution >= 0.6 is 0 Å². The van der Waals surface area contributed by atoms with E-state index >= 15 is 0 Å². The van der Waals surface area contributed by atoms with Crippen LogP contribution in [0.15, 0.2) is 48.8 Å². The van der Waals surface area contributed by atoms with Crippen molar-refractivity contribution in [1.82, 2.24) is 15.3 Å². The summed E-state index contributed by atoms with van der Waals surface area (Å²) in [7, 11) is 0. The molecule has 3 aromatic rings. The normalized spacial score (nSPS) is 11.9. The molecule has 0 fully saturated rings. The molecule has 0 radical (unpaired) electrons. The first-order valence-electron chi connectivity index (χ1n) is 8.44. The van der Waals surface area contributed by atoms with Crippen LogP contribution in [0.1, 0.15) is 27.5 Å². The average Bonchev–Trinajstić information content (AvgIpc) is 2.65. The van der Waals surface area contributed by atoms with Gasteiger partial charge in [-0.1, -0.05) is 12.1 Å². The quantitative estimate of drug-likeness (QED) is 0.628. The Labute approximate surface area is 160 Å². The monoisotopic (exact) mass is 384 g/mol. The van der Waals surface area contributed by atoms with Crippen LogP contribution in [0, 0.1) is 18.6 Å². The number of aliphatic hydroxyl groups excluding tert-OH is 1. The van der Waals surface area contributed by atoms with Crippen molar-refractivity contribution in [2.45, 2.75) is 13.0 Å². The summed E-state index contributed by atoms with van der Waals surface area (Å²) in [6, 6.07) is 7.23. The number of nitrogens with one attached hydrogen (secondary N) is 1. The fourth-order valence-corrected chi connectivity index (χ4v) is 2.85. The van der Waals surface area contributed by atoms with Crippen molar-refractivity contribution in [2.24, 2.45) is 0 Å². The van der Waals surface area contributed by atoms with E-state index < -0.39 is 30.2 Å². The van der Waals surface area contributed by atoms with E-state index in [1.54, 1.807) is 13.0 Å². The lowest BCUT2D eigenvalue weighted by Crippen LogP contribution is -2.31. The minimum atomic E-state index is -0.878. The number of amides is 1. The summed E-state index contributed by atoms with van der Waals surface area (Å²) in [5, 5.41) is 12.1. The number of aryl methyl sites for hydroxylation is 1. The smallest absolute Gasteiger partial charge is 0.254 e. The zero-order valence-electron chi connectivity index (χ0n) is 15.0. The molecule has 1 aromatic heterocycles. The minimum Gasteiger partial charge on any atom is -0.394 e. The molecule has 0 aliphatic carbocycles. The first kappa shape index (κ1) is 19.4. The molecule has 1 amide bonds. The Morgan fingerprint density at radius 1 is 1.18 bits per heavy atom. The molecule has 0 spiro atoms. The molecule has 0 aliphatic rings. The summed E-state index contributed by atoms with van der Waals surface area (Å²) in [5.41, 5.74) is 7.22. The largest absolute Gasteiger partial charge is 0.394 e. The number of carbonyl (C=O) groups excluding carboxylic acids is 1. The van der Waals surface area contributed by atoms with Gasteiger partial charge in [-0.15, -0.1) is 0 Å². The molecular weight excluding hydrogens is 366 g/mol. The van der Waals surface area contributed by atoms with Crippen molar-refractivity contribution in [3.63, 3.8) is 0 Å². The number of benzene rings is 2. The molecule has 28 heavy (non-hydrogen) atoms. The molecule has 1 heterocycles. The van der Waals surface area contributed by atoms with Gasteiger partial charge in [-0.25, -0.2) is 13.8 Å². The number of rotatable bonds is 5. The van der Waals surface area contributed by atoms with Crippen LogP contribution in [-0.4, -0.2) is 27.6 Å². The second-order valence-corrected chi connectivity index (χ2v) is 6.26. The Morgan fingerprint density at radius 3 is 2.57 bits per heavy atom. The van der Waals surface area contributed by atoms with Gasteiger partial charge in [-0.2, -0.15) is 0 Å². The van der Waals surface area contributed by atoms with Crippen molar-refractivity contribution in [3.05, 3.63) is 77.1 Å². The molecule has 0 bridgehead atoms. The Bertz CT molecular complexity index is 1010. The molecule has 1 unspecified atom stereocenters. The summed E-state index contributed by atoms with van der Waals surface area (Å²) in [5.74, 6) is -1.87. The van der Waals surface area contributed by atoms with Crippen molar-refractivity contribution in [2.75, 3.05) is 12.3 Å². The molecule has 0 aliphatic heterocycles. The van der Waals surface area contributed by atoms with Gasteiger partial charge in [0.15, 0.2) is 0 Å². The first-order chi connectivity index (χ1) is 13.4. The third-order valence-electron chi connectivity index (χ3n) is 4.17. The minimum absolute atomic E-state index is 0.140. The highest BCUT2D eigenvalue weighted by Crippen LogP contribution is 2.24. The number of halogens is 2. The summed E-state index contributed by atoms with van der Waals surface area (Å²) < 4.78 is 28.1. The van der Waals surface area contributed by atoms with E-state index in [-0.39, 0.29) is 11.4 Å². The summed E-state index contributed by atoms with van der Waals surface area (Å²) in [6.07, 6.45) is 2.84. The topological polar surface area (TPSA) is 101 Å². The van der Waals surface area contributed by atoms with Crippen LogP contribution in [0.3, 0.4) is 0 Å². The van der Waals surface area contributed by atoms with Crippen LogP contribution in [0.2, 0.25) is 0 Å². The van der Waals surface area contributed by atoms with E-state index in [0.29, 0.717) is 22.4 Å². The molecule has 8 heteroatoms. The van der Waals surface area contributed by atoms with Gasteiger partial charge in [0.25, 0.3) is 5.91 Å². The average molecular weight is 384 g/mol. The molecule has 1 atom stereocenters. The third kappa shape index (κ3) is 4.12. The van der Waals surface area contributed by atoms with Crippen LogP contribution in [0.25, 0.3) is 11.3 Å². The number of nitrogens with two attached hydrogens (primary N) is 1. The number of aliphatic hydroxyl groups is 1. The summed E-state index contributed by atoms with van der Waals surface area (Å²) in [6.45, 7) is 1.23. The zero-order chi connectivity index (χ0) is 20.3. The van der Waals surface area contributed by atoms with E-state index in [1.165, 1.54) is 36.7 Å². The number of aromatic nitrogens is 2. The number of hydrogen-bond acceptors (Lipinski definition) is 5. The summed E-state index contributed by atoms with van der Waals surface area (Å²) >= 11 is 0. The predicted octanol–water partition coefficient (Wildman–Crippen LogP) is 2.78. The van der Waals surface area contributed by atoms with Crippen LogP contribution in [-0.2, 0) is 0 Å². The van der Waals surface area contributed by atoms with E-state index in [0.717, 1.165) is 6.07 Å². The van der Waals surface area contributed by atoms with Crippen molar-refractivity contribution < 1.29 is 18.7 Å². The van der Waals surface area contributed by atoms with Gasteiger partial charge in [0.1, 0.15) is 23.1 Å². The van der Waals surface area contributed by atoms with Gasteiger partial charge < -0.3 is 16.2 Å². The lowest BCUT2D eigenvalue weighted by atomic mass is 10.0. The lowest BCUT2D eigenvalue weighted by molar-refractivity contribution is 0.0912. The van der Waals surface area contributed by atoms with E-state index in [1.807, 2.05) is 0 Å². The van der Waals surface area contributed by atoms with Crippen molar-refractivity contribution >= 4 is 11.7 Å². The van der Waals surface area contributed by atoms with Gasteiger partial charge in [-0.3, -0.25) is 9.78 Å². The molecule has 0 saturated heterocycles. The second kappa shape index (κ2) is 8.10. The SMILES string of the molecule is Cc1cc(F)cc(C(CO)NC(=O)c2ccc(-c3nccnc3N)cc2F)c1. The maximum atomic E-state index is 14.5. The molecule has 144 valence electrons. The van der Waals surface area contributed by atoms with E-state index in [9.17, 15) is 18.7 Å². The fourth-order valence-electron chi connectivity index (χ4n) is 2.85. The van der Waals surface area contributed by atoms with Crippen LogP contribution in [0.4, 0.5) is 14.6 Å². The van der Waals surface area contributed by atoms with Crippen molar-refractivity contribution in [1.29, 1.82) is 0 Å². The highest BCUT2D eigenvalue weighted by Gasteiger charge is 2.19. The number of carbonyl (C=O) groups is 1. The molecule has 2 aromatic carbocycles. The number of nitrogen functional groups attached to an aromatic ring is 1. The van der Waals surface area contributed by atoms with Crippen molar-refractivity contribution in [3.8, 4) is 11.3 Å². The maximum absolute atomic E-state index is 14.5. The molecule has 3 rings (SSSR count). The molecular formula is C20H18F2N4O2. The number of nitrogens with zero attached hydrogens (tertiary/aromatic N) is 2. The maximum Gasteiger partial charge on any atom is 0.254 e. The van der Waals surface area contributed by atoms with Gasteiger partial charge in [-0.05, 0) is 42.3 Å². The molecule has 0 saturated carbocycles. The Balaban J connectivity index is 1.85. The van der Waals surface area contributed by atoms with Gasteiger partial charge in [0, 0.05) is 18.0 Å². The predicted molar refractivity (Wildman–Crippen MR) is 100 cm³/mol. The highest BCUT2D eigenvalue weighted by atomic mass is 19.1. The Morgan fingerprint density at radius 2 is 1.93 bits per heavy atom. The highest BCUT2D eigenvalue weighted by molar-refractivity contribution is 5.95. The van der Waals surface area contributed by atoms with Gasteiger partial charge in [0.2, 0.25) is 0 Å². The van der Waals surface area contributed by atoms with Gasteiger partial charge >= 0.3 is 0 Å². The Hall–Kier alpha value is -3.39. The second-order valence-electron chi connectivity index (χ2n) is 6.26. The molecule has 6 nitrogen and oxygen atoms in total. The van der Waals surface area contributed by atoms with Crippen LogP contribution in [0.5, 0.6) is 0 Å². The standard InChI is InChI=1S/C20H18F2N4O2/c1-11-6-13(8-14(21)7-11)17(10-27)26-20(28)15-3-2-12(9-16(15)22)18-19(23)25-5-4-24-18/h2-9,17,27H,10H2,1H3,(H2,23,25)(H,26,28). The molecule has 4 N–H and O–H groups in total. The Kier molecular flexibility index (Phi) is 5.60. The lowest BCUT2D eigenvalue weighted by Gasteiger charge is -2.18. The number of anilines is 1. The van der Waals surface area contributed by atoms with Crippen LogP contribution < -0.4 is 11.1 Å². The summed E-state index contributed by atoms with van der Waals surface area (Å²) in [4.78, 5) is 20.4. The fraction of sp³-hybridized carbons (Fsp3) is 0.150. The van der Waals surface area contributed by atoms with E-state index in [2.05, 4.69) is 15.3 Å². The van der Waals surface area contributed by atoms with Gasteiger partial charge in [0.05, 0.1) is 18.2 Å². The third-order valence-corrected chi connectivity index (χ3v) is 4.17. The van der Waals surface area contributed by atoms with E-state index in [4.69, 9.17) is 5.73 Å². The zero-order valence-corrected chi connectivity index (χ0v) is 15.0.